The van der Waals surface area contributed by atoms with Gasteiger partial charge in [0.25, 0.3) is 0 Å². The third-order valence-electron chi connectivity index (χ3n) is 4.49. The Morgan fingerprint density at radius 2 is 1.92 bits per heavy atom. The molecule has 1 amide bonds. The number of nitrogens with zero attached hydrogens (tertiary/aromatic N) is 4. The summed E-state index contributed by atoms with van der Waals surface area (Å²) in [5.41, 5.74) is 3.30. The van der Waals surface area contributed by atoms with Gasteiger partial charge in [0.2, 0.25) is 5.91 Å². The second-order valence-electron chi connectivity index (χ2n) is 6.23. The molecule has 0 atom stereocenters. The van der Waals surface area contributed by atoms with E-state index in [1.807, 2.05) is 30.5 Å². The highest BCUT2D eigenvalue weighted by atomic mass is 127. The Morgan fingerprint density at radius 3 is 2.48 bits per heavy atom. The molecule has 8 heteroatoms. The molecule has 2 rings (SSSR count). The van der Waals surface area contributed by atoms with E-state index in [4.69, 9.17) is 0 Å². The number of halogens is 1. The number of aliphatic imine (C=N–C) groups is 1. The van der Waals surface area contributed by atoms with Crippen LogP contribution in [0.25, 0.3) is 0 Å². The van der Waals surface area contributed by atoms with Crippen LogP contribution in [-0.4, -0.2) is 52.7 Å². The molecule has 0 aliphatic carbocycles. The number of guanidine groups is 1. The zero-order valence-electron chi connectivity index (χ0n) is 15.8. The number of amides is 1. The molecule has 0 spiro atoms. The van der Waals surface area contributed by atoms with Crippen molar-refractivity contribution in [1.29, 1.82) is 0 Å². The number of carbonyl (C=O) groups is 1. The zero-order chi connectivity index (χ0) is 17.5. The summed E-state index contributed by atoms with van der Waals surface area (Å²) in [6, 6.07) is 0. The van der Waals surface area contributed by atoms with Crippen molar-refractivity contribution in [3.63, 3.8) is 0 Å². The Bertz CT molecular complexity index is 592. The average Bonchev–Trinajstić information content (AvgIpc) is 3.15. The van der Waals surface area contributed by atoms with Crippen LogP contribution in [0.2, 0.25) is 0 Å². The molecule has 1 aliphatic heterocycles. The maximum Gasteiger partial charge on any atom is 0.224 e. The van der Waals surface area contributed by atoms with Crippen LogP contribution in [0.4, 0.5) is 0 Å². The maximum absolute atomic E-state index is 12.1. The van der Waals surface area contributed by atoms with Crippen molar-refractivity contribution in [2.24, 2.45) is 12.0 Å². The van der Waals surface area contributed by atoms with E-state index in [2.05, 4.69) is 27.6 Å². The monoisotopic (exact) mass is 462 g/mol. The molecule has 0 unspecified atom stereocenters. The van der Waals surface area contributed by atoms with Gasteiger partial charge < -0.3 is 15.5 Å². The van der Waals surface area contributed by atoms with Crippen molar-refractivity contribution < 1.29 is 4.79 Å². The number of carbonyl (C=O) groups excluding carboxylic acids is 1. The molecule has 7 nitrogen and oxygen atoms in total. The first-order valence-electron chi connectivity index (χ1n) is 8.82. The molecular formula is C17H31IN6O. The first-order valence-corrected chi connectivity index (χ1v) is 8.82. The Kier molecular flexibility index (Phi) is 9.23. The van der Waals surface area contributed by atoms with E-state index in [-0.39, 0.29) is 29.9 Å². The van der Waals surface area contributed by atoms with Gasteiger partial charge >= 0.3 is 0 Å². The number of rotatable bonds is 6. The van der Waals surface area contributed by atoms with Crippen molar-refractivity contribution in [2.45, 2.75) is 46.6 Å². The van der Waals surface area contributed by atoms with Gasteiger partial charge in [-0.3, -0.25) is 9.48 Å². The lowest BCUT2D eigenvalue weighted by Gasteiger charge is -2.16. The third-order valence-corrected chi connectivity index (χ3v) is 4.49. The lowest BCUT2D eigenvalue weighted by atomic mass is 10.2. The largest absolute Gasteiger partial charge is 0.357 e. The molecule has 142 valence electrons. The van der Waals surface area contributed by atoms with Crippen LogP contribution >= 0.6 is 24.0 Å². The van der Waals surface area contributed by atoms with E-state index in [1.54, 1.807) is 0 Å². The van der Waals surface area contributed by atoms with Crippen molar-refractivity contribution in [1.82, 2.24) is 25.3 Å². The summed E-state index contributed by atoms with van der Waals surface area (Å²) in [6.45, 7) is 9.89. The van der Waals surface area contributed by atoms with Crippen LogP contribution in [0.5, 0.6) is 0 Å². The van der Waals surface area contributed by atoms with Gasteiger partial charge in [0, 0.05) is 50.9 Å². The number of nitrogens with one attached hydrogen (secondary N) is 2. The summed E-state index contributed by atoms with van der Waals surface area (Å²) < 4.78 is 1.88. The Balaban J connectivity index is 0.00000312. The molecule has 1 aromatic heterocycles. The van der Waals surface area contributed by atoms with E-state index in [0.717, 1.165) is 55.4 Å². The topological polar surface area (TPSA) is 74.5 Å². The molecule has 25 heavy (non-hydrogen) atoms. The molecular weight excluding hydrogens is 431 g/mol. The third kappa shape index (κ3) is 6.16. The van der Waals surface area contributed by atoms with Crippen molar-refractivity contribution in [3.05, 3.63) is 17.0 Å². The Labute approximate surface area is 167 Å². The first kappa shape index (κ1) is 21.7. The normalized spacial score (nSPS) is 14.4. The van der Waals surface area contributed by atoms with Crippen LogP contribution in [0.15, 0.2) is 4.99 Å². The summed E-state index contributed by atoms with van der Waals surface area (Å²) in [4.78, 5) is 18.7. The molecule has 0 aromatic carbocycles. The predicted molar refractivity (Wildman–Crippen MR) is 111 cm³/mol. The second-order valence-corrected chi connectivity index (χ2v) is 6.23. The molecule has 1 saturated heterocycles. The van der Waals surface area contributed by atoms with Crippen LogP contribution in [0, 0.1) is 13.8 Å². The summed E-state index contributed by atoms with van der Waals surface area (Å²) >= 11 is 0. The lowest BCUT2D eigenvalue weighted by molar-refractivity contribution is -0.129. The minimum Gasteiger partial charge on any atom is -0.357 e. The van der Waals surface area contributed by atoms with Crippen LogP contribution < -0.4 is 10.6 Å². The Hall–Kier alpha value is -1.32. The second kappa shape index (κ2) is 10.6. The van der Waals surface area contributed by atoms with E-state index >= 15 is 0 Å². The van der Waals surface area contributed by atoms with E-state index in [0.29, 0.717) is 19.5 Å². The van der Waals surface area contributed by atoms with Gasteiger partial charge in [0.15, 0.2) is 5.96 Å². The van der Waals surface area contributed by atoms with Gasteiger partial charge in [-0.15, -0.1) is 24.0 Å². The standard InChI is InChI=1S/C17H30N6O.HI/c1-5-18-17(19-9-8-16(24)23-10-6-7-11-23)20-12-15-13(2)21-22(4)14(15)3;/h5-12H2,1-4H3,(H2,18,19,20);1H. The van der Waals surface area contributed by atoms with Gasteiger partial charge in [-0.1, -0.05) is 0 Å². The van der Waals surface area contributed by atoms with Gasteiger partial charge in [-0.05, 0) is 33.6 Å². The molecule has 2 heterocycles. The van der Waals surface area contributed by atoms with Crippen molar-refractivity contribution in [3.8, 4) is 0 Å². The fourth-order valence-electron chi connectivity index (χ4n) is 2.96. The smallest absolute Gasteiger partial charge is 0.224 e. The van der Waals surface area contributed by atoms with Crippen LogP contribution in [-0.2, 0) is 18.4 Å². The van der Waals surface area contributed by atoms with Gasteiger partial charge in [-0.2, -0.15) is 5.10 Å². The highest BCUT2D eigenvalue weighted by Gasteiger charge is 2.17. The summed E-state index contributed by atoms with van der Waals surface area (Å²) in [5.74, 6) is 0.976. The number of hydrogen-bond acceptors (Lipinski definition) is 3. The van der Waals surface area contributed by atoms with E-state index in [1.165, 1.54) is 0 Å². The lowest BCUT2D eigenvalue weighted by Crippen LogP contribution is -2.39. The van der Waals surface area contributed by atoms with Gasteiger partial charge in [0.05, 0.1) is 12.2 Å². The summed E-state index contributed by atoms with van der Waals surface area (Å²) in [6.07, 6.45) is 2.77. The molecule has 0 bridgehead atoms. The van der Waals surface area contributed by atoms with Crippen molar-refractivity contribution >= 4 is 35.8 Å². The molecule has 0 radical (unpaired) electrons. The van der Waals surface area contributed by atoms with Crippen LogP contribution in [0.3, 0.4) is 0 Å². The van der Waals surface area contributed by atoms with E-state index < -0.39 is 0 Å². The molecule has 2 N–H and O–H groups in total. The maximum atomic E-state index is 12.1. The van der Waals surface area contributed by atoms with Gasteiger partial charge in [0.1, 0.15) is 0 Å². The first-order chi connectivity index (χ1) is 11.5. The van der Waals surface area contributed by atoms with Gasteiger partial charge in [-0.25, -0.2) is 4.99 Å². The fraction of sp³-hybridized carbons (Fsp3) is 0.706. The predicted octanol–water partition coefficient (Wildman–Crippen LogP) is 1.72. The number of hydrogen-bond donors (Lipinski definition) is 2. The highest BCUT2D eigenvalue weighted by molar-refractivity contribution is 14.0. The molecule has 1 aliphatic rings. The minimum absolute atomic E-state index is 0. The summed E-state index contributed by atoms with van der Waals surface area (Å²) in [7, 11) is 1.95. The molecule has 1 aromatic rings. The Morgan fingerprint density at radius 1 is 1.24 bits per heavy atom. The number of aryl methyl sites for hydroxylation is 2. The average molecular weight is 462 g/mol. The minimum atomic E-state index is 0. The highest BCUT2D eigenvalue weighted by Crippen LogP contribution is 2.12. The number of likely N-dealkylation sites (tertiary alicyclic amines) is 1. The molecule has 1 fully saturated rings. The summed E-state index contributed by atoms with van der Waals surface area (Å²) in [5, 5.41) is 10.9. The van der Waals surface area contributed by atoms with E-state index in [9.17, 15) is 4.79 Å². The zero-order valence-corrected chi connectivity index (χ0v) is 18.1. The number of aromatic nitrogens is 2. The fourth-order valence-corrected chi connectivity index (χ4v) is 2.96. The quantitative estimate of drug-likeness (QED) is 0.384. The van der Waals surface area contributed by atoms with Crippen molar-refractivity contribution in [2.75, 3.05) is 26.2 Å². The molecule has 0 saturated carbocycles. The van der Waals surface area contributed by atoms with Crippen LogP contribution in [0.1, 0.15) is 43.1 Å². The SMILES string of the molecule is CCNC(=NCc1c(C)nn(C)c1C)NCCC(=O)N1CCCC1.I.